The lowest BCUT2D eigenvalue weighted by atomic mass is 9.91. The highest BCUT2D eigenvalue weighted by atomic mass is 32.2. The number of para-hydroxylation sites is 1. The first-order valence-corrected chi connectivity index (χ1v) is 19.9. The van der Waals surface area contributed by atoms with Gasteiger partial charge in [0.1, 0.15) is 11.5 Å². The van der Waals surface area contributed by atoms with E-state index in [9.17, 15) is 14.7 Å². The van der Waals surface area contributed by atoms with Gasteiger partial charge in [-0.2, -0.15) is 0 Å². The largest absolute Gasteiger partial charge is 0.457 e. The van der Waals surface area contributed by atoms with E-state index >= 15 is 0 Å². The molecule has 0 radical (unpaired) electrons. The molecule has 57 heavy (non-hydrogen) atoms. The number of hydrogen-bond donors (Lipinski definition) is 4. The third-order valence-electron chi connectivity index (χ3n) is 9.68. The molecule has 6 aromatic carbocycles. The Morgan fingerprint density at radius 3 is 2.07 bits per heavy atom. The zero-order chi connectivity index (χ0) is 39.6. The monoisotopic (exact) mass is 779 g/mol. The molecule has 4 atom stereocenters. The summed E-state index contributed by atoms with van der Waals surface area (Å²) in [6, 6.07) is 48.5. The number of urea groups is 1. The maximum absolute atomic E-state index is 12.8. The SMILES string of the molecule is CC(=O)Nc1ccc(SC[C@H]2O[C@@H](c3cccc(-c4cccc(CNC(=O)Nc5ccc(Oc6ccccc6)cc5)c4)c3)O[C@@H](c3ccc(CO)cc3)[C@H]2C)cc1. The highest BCUT2D eigenvalue weighted by molar-refractivity contribution is 7.99. The zero-order valence-electron chi connectivity index (χ0n) is 31.8. The minimum atomic E-state index is -0.621. The smallest absolute Gasteiger partial charge is 0.319 e. The topological polar surface area (TPSA) is 118 Å². The molecule has 6 aromatic rings. The molecule has 0 unspecified atom stereocenters. The first-order valence-electron chi connectivity index (χ1n) is 18.9. The van der Waals surface area contributed by atoms with Crippen LogP contribution >= 0.6 is 11.8 Å². The molecule has 9 nitrogen and oxygen atoms in total. The number of anilines is 2. The van der Waals surface area contributed by atoms with E-state index in [0.717, 1.165) is 49.7 Å². The number of carbonyl (C=O) groups is 2. The molecule has 0 aliphatic carbocycles. The van der Waals surface area contributed by atoms with Crippen LogP contribution in [0.1, 0.15) is 48.5 Å². The molecule has 290 valence electrons. The first-order chi connectivity index (χ1) is 27.8. The molecule has 0 bridgehead atoms. The molecular weight excluding hydrogens is 735 g/mol. The predicted octanol–water partition coefficient (Wildman–Crippen LogP) is 10.5. The van der Waals surface area contributed by atoms with Gasteiger partial charge in [-0.1, -0.05) is 85.8 Å². The van der Waals surface area contributed by atoms with Gasteiger partial charge in [-0.15, -0.1) is 11.8 Å². The average Bonchev–Trinajstić information content (AvgIpc) is 3.24. The fraction of sp³-hybridized carbons (Fsp3) is 0.191. The minimum Gasteiger partial charge on any atom is -0.457 e. The lowest BCUT2D eigenvalue weighted by Gasteiger charge is -2.41. The number of thioether (sulfide) groups is 1. The van der Waals surface area contributed by atoms with Crippen LogP contribution in [0.3, 0.4) is 0 Å². The highest BCUT2D eigenvalue weighted by Gasteiger charge is 2.38. The van der Waals surface area contributed by atoms with E-state index in [2.05, 4.69) is 47.1 Å². The fourth-order valence-corrected chi connectivity index (χ4v) is 7.71. The maximum Gasteiger partial charge on any atom is 0.319 e. The summed E-state index contributed by atoms with van der Waals surface area (Å²) in [7, 11) is 0. The lowest BCUT2D eigenvalue weighted by Crippen LogP contribution is -2.38. The lowest BCUT2D eigenvalue weighted by molar-refractivity contribution is -0.268. The van der Waals surface area contributed by atoms with E-state index in [1.54, 1.807) is 23.9 Å². The Bertz CT molecular complexity index is 2250. The van der Waals surface area contributed by atoms with Gasteiger partial charge >= 0.3 is 6.03 Å². The molecule has 0 aromatic heterocycles. The highest BCUT2D eigenvalue weighted by Crippen LogP contribution is 2.43. The van der Waals surface area contributed by atoms with Crippen molar-refractivity contribution in [1.29, 1.82) is 0 Å². The van der Waals surface area contributed by atoms with Crippen molar-refractivity contribution in [2.24, 2.45) is 5.92 Å². The van der Waals surface area contributed by atoms with Crippen LogP contribution in [0.5, 0.6) is 11.5 Å². The molecule has 3 amide bonds. The molecule has 1 heterocycles. The quantitative estimate of drug-likeness (QED) is 0.0862. The number of hydrogen-bond acceptors (Lipinski definition) is 7. The second-order valence-electron chi connectivity index (χ2n) is 13.9. The van der Waals surface area contributed by atoms with E-state index in [1.807, 2.05) is 115 Å². The number of nitrogens with one attached hydrogen (secondary N) is 3. The molecule has 0 spiro atoms. The Kier molecular flexibility index (Phi) is 13.0. The van der Waals surface area contributed by atoms with Crippen LogP contribution in [0, 0.1) is 5.92 Å². The first kappa shape index (κ1) is 39.3. The van der Waals surface area contributed by atoms with Crippen molar-refractivity contribution in [3.8, 4) is 22.6 Å². The van der Waals surface area contributed by atoms with E-state index in [0.29, 0.717) is 23.7 Å². The summed E-state index contributed by atoms with van der Waals surface area (Å²) in [5.74, 6) is 2.05. The van der Waals surface area contributed by atoms with Crippen LogP contribution < -0.4 is 20.7 Å². The van der Waals surface area contributed by atoms with Crippen molar-refractivity contribution < 1.29 is 28.9 Å². The van der Waals surface area contributed by atoms with Gasteiger partial charge in [0.05, 0.1) is 18.8 Å². The number of carbonyl (C=O) groups excluding carboxylic acids is 2. The van der Waals surface area contributed by atoms with Crippen molar-refractivity contribution in [2.75, 3.05) is 16.4 Å². The van der Waals surface area contributed by atoms with Crippen molar-refractivity contribution >= 4 is 35.1 Å². The van der Waals surface area contributed by atoms with Crippen LogP contribution in [0.15, 0.2) is 157 Å². The summed E-state index contributed by atoms with van der Waals surface area (Å²) in [5.41, 5.74) is 7.13. The minimum absolute atomic E-state index is 0.0230. The van der Waals surface area contributed by atoms with E-state index in [1.165, 1.54) is 6.92 Å². The van der Waals surface area contributed by atoms with Crippen LogP contribution in [-0.4, -0.2) is 28.9 Å². The number of aliphatic hydroxyl groups excluding tert-OH is 1. The van der Waals surface area contributed by atoms with Crippen molar-refractivity contribution in [3.63, 3.8) is 0 Å². The van der Waals surface area contributed by atoms with E-state index in [4.69, 9.17) is 14.2 Å². The number of ether oxygens (including phenoxy) is 3. The van der Waals surface area contributed by atoms with Gasteiger partial charge in [0, 0.05) is 47.0 Å². The molecule has 0 saturated carbocycles. The standard InChI is InChI=1S/C47H45N3O6S/c1-31-44(30-57-43-24-20-39(21-25-43)49-32(2)52)55-46(56-45(31)35-16-14-33(29-51)15-17-35)38-11-7-10-37(27-38)36-9-6-8-34(26-36)28-48-47(53)50-40-18-22-42(23-19-40)54-41-12-4-3-5-13-41/h3-27,31,44-46,51H,28-30H2,1-2H3,(H,49,52)(H2,48,50,53)/t31-,44+,45+,46+/m0/s1. The Labute approximate surface area is 337 Å². The van der Waals surface area contributed by atoms with E-state index < -0.39 is 6.29 Å². The van der Waals surface area contributed by atoms with Crippen LogP contribution in [0.25, 0.3) is 11.1 Å². The second kappa shape index (κ2) is 18.8. The fourth-order valence-electron chi connectivity index (χ4n) is 6.64. The van der Waals surface area contributed by atoms with Crippen LogP contribution in [-0.2, 0) is 27.4 Å². The molecule has 10 heteroatoms. The van der Waals surface area contributed by atoms with Gasteiger partial charge in [0.25, 0.3) is 0 Å². The maximum atomic E-state index is 12.8. The summed E-state index contributed by atoms with van der Waals surface area (Å²) < 4.78 is 19.3. The third-order valence-corrected chi connectivity index (χ3v) is 10.8. The Morgan fingerprint density at radius 2 is 1.35 bits per heavy atom. The molecule has 1 aliphatic heterocycles. The molecule has 1 fully saturated rings. The second-order valence-corrected chi connectivity index (χ2v) is 15.0. The molecule has 1 aliphatic rings. The number of benzene rings is 6. The Hall–Kier alpha value is -5.91. The van der Waals surface area contributed by atoms with Gasteiger partial charge in [-0.05, 0) is 101 Å². The van der Waals surface area contributed by atoms with Gasteiger partial charge < -0.3 is 35.3 Å². The molecule has 7 rings (SSSR count). The van der Waals surface area contributed by atoms with Crippen molar-refractivity contribution in [1.82, 2.24) is 5.32 Å². The van der Waals surface area contributed by atoms with Gasteiger partial charge in [0.2, 0.25) is 5.91 Å². The number of rotatable bonds is 13. The number of amides is 3. The van der Waals surface area contributed by atoms with Gasteiger partial charge in [-0.3, -0.25) is 4.79 Å². The predicted molar refractivity (Wildman–Crippen MR) is 225 cm³/mol. The third kappa shape index (κ3) is 10.7. The molecule has 1 saturated heterocycles. The summed E-state index contributed by atoms with van der Waals surface area (Å²) in [6.07, 6.45) is -1.01. The average molecular weight is 780 g/mol. The van der Waals surface area contributed by atoms with Gasteiger partial charge in [-0.25, -0.2) is 4.79 Å². The molecular formula is C47H45N3O6S. The zero-order valence-corrected chi connectivity index (χ0v) is 32.6. The number of aliphatic hydroxyl groups is 1. The molecule has 4 N–H and O–H groups in total. The summed E-state index contributed by atoms with van der Waals surface area (Å²) in [6.45, 7) is 3.97. The van der Waals surface area contributed by atoms with Crippen LogP contribution in [0.4, 0.5) is 16.2 Å². The Morgan fingerprint density at radius 1 is 0.684 bits per heavy atom. The van der Waals surface area contributed by atoms with Crippen molar-refractivity contribution in [3.05, 3.63) is 174 Å². The van der Waals surface area contributed by atoms with E-state index in [-0.39, 0.29) is 36.7 Å². The van der Waals surface area contributed by atoms with Crippen molar-refractivity contribution in [2.45, 2.75) is 50.4 Å². The summed E-state index contributed by atoms with van der Waals surface area (Å²) in [4.78, 5) is 25.4. The Balaban J connectivity index is 1.02. The summed E-state index contributed by atoms with van der Waals surface area (Å²) in [5, 5.41) is 18.3. The van der Waals surface area contributed by atoms with Crippen LogP contribution in [0.2, 0.25) is 0 Å². The summed E-state index contributed by atoms with van der Waals surface area (Å²) >= 11 is 1.70. The normalized spacial score (nSPS) is 17.7. The van der Waals surface area contributed by atoms with Gasteiger partial charge in [0.15, 0.2) is 6.29 Å².